The Morgan fingerprint density at radius 2 is 1.85 bits per heavy atom. The zero-order chi connectivity index (χ0) is 23.3. The summed E-state index contributed by atoms with van der Waals surface area (Å²) < 4.78 is 0. The normalized spacial score (nSPS) is 13.5. The maximum Gasteiger partial charge on any atom is 0.247 e. The molecule has 0 bridgehead atoms. The molecule has 5 rings (SSSR count). The fourth-order valence-electron chi connectivity index (χ4n) is 4.07. The van der Waals surface area contributed by atoms with Crippen LogP contribution in [-0.4, -0.2) is 38.9 Å². The molecule has 0 aliphatic carbocycles. The van der Waals surface area contributed by atoms with Gasteiger partial charge in [0.25, 0.3) is 0 Å². The molecule has 1 saturated heterocycles. The maximum absolute atomic E-state index is 11.7. The summed E-state index contributed by atoms with van der Waals surface area (Å²) >= 11 is 0. The van der Waals surface area contributed by atoms with E-state index in [2.05, 4.69) is 37.1 Å². The molecule has 1 aliphatic rings. The Labute approximate surface area is 197 Å². The highest BCUT2D eigenvalue weighted by Gasteiger charge is 2.13. The first-order chi connectivity index (χ1) is 16.7. The van der Waals surface area contributed by atoms with E-state index in [1.807, 2.05) is 42.6 Å². The van der Waals surface area contributed by atoms with Crippen LogP contribution in [-0.2, 0) is 4.79 Å². The number of benzene rings is 1. The van der Waals surface area contributed by atoms with Crippen molar-refractivity contribution in [3.05, 3.63) is 73.7 Å². The highest BCUT2D eigenvalue weighted by Crippen LogP contribution is 2.28. The van der Waals surface area contributed by atoms with Crippen LogP contribution in [0.2, 0.25) is 0 Å². The first-order valence-electron chi connectivity index (χ1n) is 11.3. The molecule has 4 aromatic rings. The molecular weight excluding hydrogens is 426 g/mol. The number of aromatic nitrogens is 4. The molecule has 1 aliphatic heterocycles. The molecule has 4 heterocycles. The standard InChI is InChI=1S/C26H25N7O/c1-2-24(34)30-19-11-12-27-22(15-19)21-8-6-7-18-16-29-26(32-25(18)21)31-20-9-10-23(28-17-20)33-13-4-3-5-14-33/h2,6-12,15-17H,1,3-5,13-14H2,(H,27,30,34)(H,29,31,32). The quantitative estimate of drug-likeness (QED) is 0.401. The second-order valence-corrected chi connectivity index (χ2v) is 8.14. The number of anilines is 4. The van der Waals surface area contributed by atoms with Gasteiger partial charge in [0, 0.05) is 42.1 Å². The van der Waals surface area contributed by atoms with Crippen molar-refractivity contribution in [1.29, 1.82) is 0 Å². The third kappa shape index (κ3) is 4.71. The zero-order valence-corrected chi connectivity index (χ0v) is 18.7. The van der Waals surface area contributed by atoms with Gasteiger partial charge in [0.05, 0.1) is 23.1 Å². The molecule has 1 aromatic carbocycles. The van der Waals surface area contributed by atoms with Crippen LogP contribution in [0.4, 0.5) is 23.1 Å². The third-order valence-corrected chi connectivity index (χ3v) is 5.78. The summed E-state index contributed by atoms with van der Waals surface area (Å²) in [5.41, 5.74) is 3.77. The van der Waals surface area contributed by atoms with Gasteiger partial charge in [-0.2, -0.15) is 0 Å². The van der Waals surface area contributed by atoms with Gasteiger partial charge in [-0.1, -0.05) is 24.8 Å². The van der Waals surface area contributed by atoms with Crippen molar-refractivity contribution in [3.8, 4) is 11.3 Å². The molecule has 0 atom stereocenters. The van der Waals surface area contributed by atoms with Crippen molar-refractivity contribution in [1.82, 2.24) is 19.9 Å². The van der Waals surface area contributed by atoms with Gasteiger partial charge in [0.2, 0.25) is 11.9 Å². The number of piperidine rings is 1. The van der Waals surface area contributed by atoms with E-state index in [1.54, 1.807) is 18.5 Å². The first kappa shape index (κ1) is 21.5. The topological polar surface area (TPSA) is 95.9 Å². The summed E-state index contributed by atoms with van der Waals surface area (Å²) in [5.74, 6) is 1.20. The Morgan fingerprint density at radius 3 is 2.65 bits per heavy atom. The minimum absolute atomic E-state index is 0.274. The monoisotopic (exact) mass is 451 g/mol. The minimum Gasteiger partial charge on any atom is -0.357 e. The number of amides is 1. The van der Waals surface area contributed by atoms with E-state index in [4.69, 9.17) is 4.98 Å². The lowest BCUT2D eigenvalue weighted by Gasteiger charge is -2.27. The second-order valence-electron chi connectivity index (χ2n) is 8.14. The molecule has 3 aromatic heterocycles. The number of nitrogens with zero attached hydrogens (tertiary/aromatic N) is 5. The number of rotatable bonds is 6. The van der Waals surface area contributed by atoms with Crippen LogP contribution < -0.4 is 15.5 Å². The number of hydrogen-bond donors (Lipinski definition) is 2. The van der Waals surface area contributed by atoms with E-state index in [-0.39, 0.29) is 5.91 Å². The summed E-state index contributed by atoms with van der Waals surface area (Å²) in [4.78, 5) is 32.3. The molecule has 170 valence electrons. The Bertz CT molecular complexity index is 1330. The Kier molecular flexibility index (Phi) is 6.11. The summed E-state index contributed by atoms with van der Waals surface area (Å²) in [6.45, 7) is 5.61. The van der Waals surface area contributed by atoms with Crippen molar-refractivity contribution in [2.75, 3.05) is 28.6 Å². The second kappa shape index (κ2) is 9.66. The van der Waals surface area contributed by atoms with Crippen molar-refractivity contribution in [3.63, 3.8) is 0 Å². The van der Waals surface area contributed by atoms with Gasteiger partial charge in [-0.3, -0.25) is 9.78 Å². The van der Waals surface area contributed by atoms with Crippen LogP contribution in [0.1, 0.15) is 19.3 Å². The smallest absolute Gasteiger partial charge is 0.247 e. The molecule has 1 amide bonds. The Balaban J connectivity index is 1.41. The van der Waals surface area contributed by atoms with Gasteiger partial charge < -0.3 is 15.5 Å². The van der Waals surface area contributed by atoms with E-state index in [1.165, 1.54) is 25.3 Å². The molecular formula is C26H25N7O. The fraction of sp³-hybridized carbons (Fsp3) is 0.192. The van der Waals surface area contributed by atoms with E-state index in [9.17, 15) is 4.79 Å². The van der Waals surface area contributed by atoms with E-state index in [0.717, 1.165) is 41.1 Å². The van der Waals surface area contributed by atoms with Gasteiger partial charge in [0.15, 0.2) is 0 Å². The number of carbonyl (C=O) groups excluding carboxylic acids is 1. The van der Waals surface area contributed by atoms with Gasteiger partial charge in [-0.15, -0.1) is 0 Å². The van der Waals surface area contributed by atoms with Gasteiger partial charge in [-0.05, 0) is 49.6 Å². The molecule has 0 spiro atoms. The first-order valence-corrected chi connectivity index (χ1v) is 11.3. The van der Waals surface area contributed by atoms with Crippen LogP contribution in [0.3, 0.4) is 0 Å². The highest BCUT2D eigenvalue weighted by molar-refractivity contribution is 5.99. The van der Waals surface area contributed by atoms with E-state index in [0.29, 0.717) is 17.3 Å². The van der Waals surface area contributed by atoms with E-state index < -0.39 is 0 Å². The van der Waals surface area contributed by atoms with Crippen LogP contribution in [0.5, 0.6) is 0 Å². The van der Waals surface area contributed by atoms with Gasteiger partial charge in [0.1, 0.15) is 5.82 Å². The molecule has 0 radical (unpaired) electrons. The number of hydrogen-bond acceptors (Lipinski definition) is 7. The van der Waals surface area contributed by atoms with Crippen LogP contribution >= 0.6 is 0 Å². The van der Waals surface area contributed by atoms with Crippen molar-refractivity contribution >= 4 is 40.0 Å². The van der Waals surface area contributed by atoms with Crippen LogP contribution in [0.15, 0.2) is 73.7 Å². The summed E-state index contributed by atoms with van der Waals surface area (Å²) in [5, 5.41) is 6.92. The summed E-state index contributed by atoms with van der Waals surface area (Å²) in [7, 11) is 0. The lowest BCUT2D eigenvalue weighted by Crippen LogP contribution is -2.29. The third-order valence-electron chi connectivity index (χ3n) is 5.78. The molecule has 8 heteroatoms. The Hall–Kier alpha value is -4.33. The summed E-state index contributed by atoms with van der Waals surface area (Å²) in [6.07, 6.45) is 10.2. The lowest BCUT2D eigenvalue weighted by atomic mass is 10.1. The van der Waals surface area contributed by atoms with Crippen LogP contribution in [0, 0.1) is 0 Å². The van der Waals surface area contributed by atoms with Crippen molar-refractivity contribution in [2.24, 2.45) is 0 Å². The SMILES string of the molecule is C=CC(=O)Nc1ccnc(-c2cccc3cnc(Nc4ccc(N5CCCCC5)nc4)nc23)c1. The number of fused-ring (bicyclic) bond motifs is 1. The Morgan fingerprint density at radius 1 is 0.971 bits per heavy atom. The van der Waals surface area contributed by atoms with Gasteiger partial charge >= 0.3 is 0 Å². The van der Waals surface area contributed by atoms with Crippen LogP contribution in [0.25, 0.3) is 22.2 Å². The number of pyridine rings is 2. The van der Waals surface area contributed by atoms with Crippen molar-refractivity contribution < 1.29 is 4.79 Å². The predicted octanol–water partition coefficient (Wildman–Crippen LogP) is 4.95. The lowest BCUT2D eigenvalue weighted by molar-refractivity contribution is -0.111. The molecule has 1 fully saturated rings. The van der Waals surface area contributed by atoms with Gasteiger partial charge in [-0.25, -0.2) is 15.0 Å². The predicted molar refractivity (Wildman–Crippen MR) is 135 cm³/mol. The van der Waals surface area contributed by atoms with Crippen molar-refractivity contribution in [2.45, 2.75) is 19.3 Å². The average molecular weight is 452 g/mol. The number of carbonyl (C=O) groups is 1. The summed E-state index contributed by atoms with van der Waals surface area (Å²) in [6, 6.07) is 13.4. The zero-order valence-electron chi connectivity index (χ0n) is 18.7. The highest BCUT2D eigenvalue weighted by atomic mass is 16.1. The molecule has 2 N–H and O–H groups in total. The fourth-order valence-corrected chi connectivity index (χ4v) is 4.07. The maximum atomic E-state index is 11.7. The molecule has 34 heavy (non-hydrogen) atoms. The molecule has 0 saturated carbocycles. The number of nitrogens with one attached hydrogen (secondary N) is 2. The number of para-hydroxylation sites is 1. The average Bonchev–Trinajstić information content (AvgIpc) is 2.89. The van der Waals surface area contributed by atoms with E-state index >= 15 is 0 Å². The minimum atomic E-state index is -0.274. The largest absolute Gasteiger partial charge is 0.357 e. The molecule has 0 unspecified atom stereocenters. The molecule has 8 nitrogen and oxygen atoms in total.